The van der Waals surface area contributed by atoms with E-state index in [-0.39, 0.29) is 6.10 Å². The van der Waals surface area contributed by atoms with Crippen LogP contribution in [0.2, 0.25) is 0 Å². The number of hydrogen-bond donors (Lipinski definition) is 1. The number of ether oxygens (including phenoxy) is 1. The molecule has 0 aromatic heterocycles. The number of aliphatic hydroxyl groups excluding tert-OH is 1. The van der Waals surface area contributed by atoms with Crippen molar-refractivity contribution >= 4 is 0 Å². The van der Waals surface area contributed by atoms with Crippen LogP contribution in [0.1, 0.15) is 57.8 Å². The average Bonchev–Trinajstić information content (AvgIpc) is 3.05. The molecule has 3 aliphatic rings. The van der Waals surface area contributed by atoms with Gasteiger partial charge in [0.1, 0.15) is 0 Å². The highest BCUT2D eigenvalue weighted by molar-refractivity contribution is 5.00. The van der Waals surface area contributed by atoms with Gasteiger partial charge in [-0.25, -0.2) is 0 Å². The number of nitrogens with zero attached hydrogens (tertiary/aromatic N) is 1. The van der Waals surface area contributed by atoms with E-state index in [9.17, 15) is 5.11 Å². The third-order valence-electron chi connectivity index (χ3n) is 5.82. The van der Waals surface area contributed by atoms with Gasteiger partial charge < -0.3 is 14.7 Å². The first kappa shape index (κ1) is 13.8. The van der Waals surface area contributed by atoms with Crippen LogP contribution >= 0.6 is 0 Å². The van der Waals surface area contributed by atoms with Crippen LogP contribution in [0.5, 0.6) is 0 Å². The van der Waals surface area contributed by atoms with Gasteiger partial charge in [0.05, 0.1) is 12.2 Å². The van der Waals surface area contributed by atoms with Gasteiger partial charge in [-0.15, -0.1) is 0 Å². The van der Waals surface area contributed by atoms with E-state index < -0.39 is 0 Å². The Hall–Kier alpha value is -0.120. The molecule has 1 heterocycles. The normalized spacial score (nSPS) is 38.4. The highest BCUT2D eigenvalue weighted by Gasteiger charge is 2.46. The highest BCUT2D eigenvalue weighted by Crippen LogP contribution is 2.50. The molecule has 2 aliphatic carbocycles. The second-order valence-corrected chi connectivity index (χ2v) is 7.09. The molecule has 3 heteroatoms. The Bertz CT molecular complexity index is 295. The van der Waals surface area contributed by atoms with Crippen molar-refractivity contribution in [2.45, 2.75) is 76.0 Å². The number of aliphatic hydroxyl groups is 1. The Morgan fingerprint density at radius 3 is 2.63 bits per heavy atom. The lowest BCUT2D eigenvalue weighted by Gasteiger charge is -2.48. The molecule has 3 unspecified atom stereocenters. The lowest BCUT2D eigenvalue weighted by molar-refractivity contribution is -0.0329. The maximum Gasteiger partial charge on any atom is 0.0702 e. The first-order valence-electron chi connectivity index (χ1n) is 8.19. The molecule has 1 N–H and O–H groups in total. The summed E-state index contributed by atoms with van der Waals surface area (Å²) >= 11 is 0. The van der Waals surface area contributed by atoms with E-state index in [1.807, 2.05) is 0 Å². The third kappa shape index (κ3) is 2.84. The summed E-state index contributed by atoms with van der Waals surface area (Å²) in [5, 5.41) is 10.1. The second kappa shape index (κ2) is 5.71. The van der Waals surface area contributed by atoms with E-state index in [1.54, 1.807) is 0 Å². The van der Waals surface area contributed by atoms with Crippen LogP contribution in [0.25, 0.3) is 0 Å². The Morgan fingerprint density at radius 2 is 1.95 bits per heavy atom. The van der Waals surface area contributed by atoms with Crippen LogP contribution in [-0.4, -0.2) is 48.5 Å². The van der Waals surface area contributed by atoms with Gasteiger partial charge in [-0.3, -0.25) is 0 Å². The highest BCUT2D eigenvalue weighted by atomic mass is 16.5. The molecule has 3 fully saturated rings. The second-order valence-electron chi connectivity index (χ2n) is 7.09. The fourth-order valence-electron chi connectivity index (χ4n) is 4.79. The van der Waals surface area contributed by atoms with Gasteiger partial charge in [-0.1, -0.05) is 12.8 Å². The summed E-state index contributed by atoms with van der Waals surface area (Å²) in [5.74, 6) is 0. The molecule has 0 radical (unpaired) electrons. The summed E-state index contributed by atoms with van der Waals surface area (Å²) in [5.41, 5.74) is 0.507. The standard InChI is InChI=1S/C16H29NO2/c1-17(12-14-5-4-10-19-14)15-11-13(18)6-9-16(15)7-2-3-8-16/h13-15,18H,2-12H2,1H3. The first-order valence-corrected chi connectivity index (χ1v) is 8.19. The van der Waals surface area contributed by atoms with Crippen molar-refractivity contribution in [1.29, 1.82) is 0 Å². The molecule has 3 rings (SSSR count). The van der Waals surface area contributed by atoms with E-state index >= 15 is 0 Å². The fourth-order valence-corrected chi connectivity index (χ4v) is 4.79. The van der Waals surface area contributed by atoms with E-state index in [1.165, 1.54) is 44.9 Å². The van der Waals surface area contributed by atoms with Crippen molar-refractivity contribution < 1.29 is 9.84 Å². The van der Waals surface area contributed by atoms with Crippen molar-refractivity contribution in [2.24, 2.45) is 5.41 Å². The molecule has 2 saturated carbocycles. The first-order chi connectivity index (χ1) is 9.20. The summed E-state index contributed by atoms with van der Waals surface area (Å²) in [6.45, 7) is 2.00. The zero-order valence-electron chi connectivity index (χ0n) is 12.3. The van der Waals surface area contributed by atoms with Crippen LogP contribution in [-0.2, 0) is 4.74 Å². The zero-order chi connectivity index (χ0) is 13.3. The van der Waals surface area contributed by atoms with Crippen LogP contribution in [0, 0.1) is 5.41 Å². The molecule has 19 heavy (non-hydrogen) atoms. The summed E-state index contributed by atoms with van der Waals surface area (Å²) in [6, 6.07) is 0.572. The van der Waals surface area contributed by atoms with Crippen LogP contribution < -0.4 is 0 Å². The van der Waals surface area contributed by atoms with E-state index in [4.69, 9.17) is 4.74 Å². The summed E-state index contributed by atoms with van der Waals surface area (Å²) in [6.07, 6.45) is 11.5. The van der Waals surface area contributed by atoms with Crippen molar-refractivity contribution in [3.05, 3.63) is 0 Å². The van der Waals surface area contributed by atoms with Crippen LogP contribution in [0.15, 0.2) is 0 Å². The van der Waals surface area contributed by atoms with Gasteiger partial charge in [0.15, 0.2) is 0 Å². The molecule has 0 amide bonds. The van der Waals surface area contributed by atoms with Crippen molar-refractivity contribution in [1.82, 2.24) is 4.90 Å². The van der Waals surface area contributed by atoms with E-state index in [2.05, 4.69) is 11.9 Å². The van der Waals surface area contributed by atoms with Gasteiger partial charge in [0.2, 0.25) is 0 Å². The number of likely N-dealkylation sites (N-methyl/N-ethyl adjacent to an activating group) is 1. The monoisotopic (exact) mass is 267 g/mol. The van der Waals surface area contributed by atoms with Crippen molar-refractivity contribution in [3.63, 3.8) is 0 Å². The predicted octanol–water partition coefficient (Wildman–Crippen LogP) is 2.57. The quantitative estimate of drug-likeness (QED) is 0.853. The van der Waals surface area contributed by atoms with Crippen molar-refractivity contribution in [3.8, 4) is 0 Å². The van der Waals surface area contributed by atoms with E-state index in [0.717, 1.165) is 26.0 Å². The minimum Gasteiger partial charge on any atom is -0.393 e. The Labute approximate surface area is 117 Å². The lowest BCUT2D eigenvalue weighted by Crippen LogP contribution is -2.51. The molecule has 0 aromatic rings. The Morgan fingerprint density at radius 1 is 1.16 bits per heavy atom. The van der Waals surface area contributed by atoms with Gasteiger partial charge >= 0.3 is 0 Å². The third-order valence-corrected chi connectivity index (χ3v) is 5.82. The summed E-state index contributed by atoms with van der Waals surface area (Å²) < 4.78 is 5.79. The largest absolute Gasteiger partial charge is 0.393 e. The predicted molar refractivity (Wildman–Crippen MR) is 76.2 cm³/mol. The van der Waals surface area contributed by atoms with Gasteiger partial charge in [-0.05, 0) is 57.4 Å². The SMILES string of the molecule is CN(CC1CCCO1)C1CC(O)CCC12CCCC2. The lowest BCUT2D eigenvalue weighted by atomic mass is 9.67. The fraction of sp³-hybridized carbons (Fsp3) is 1.00. The molecule has 110 valence electrons. The topological polar surface area (TPSA) is 32.7 Å². The van der Waals surface area contributed by atoms with Gasteiger partial charge in [0.25, 0.3) is 0 Å². The van der Waals surface area contributed by atoms with Crippen LogP contribution in [0.3, 0.4) is 0 Å². The maximum absolute atomic E-state index is 10.1. The minimum atomic E-state index is -0.0804. The van der Waals surface area contributed by atoms with Gasteiger partial charge in [-0.2, -0.15) is 0 Å². The van der Waals surface area contributed by atoms with Crippen molar-refractivity contribution in [2.75, 3.05) is 20.2 Å². The Kier molecular flexibility index (Phi) is 4.16. The molecule has 0 aromatic carbocycles. The molecule has 3 nitrogen and oxygen atoms in total. The van der Waals surface area contributed by atoms with E-state index in [0.29, 0.717) is 17.6 Å². The number of rotatable bonds is 3. The van der Waals surface area contributed by atoms with Crippen LogP contribution in [0.4, 0.5) is 0 Å². The molecular formula is C16H29NO2. The summed E-state index contributed by atoms with van der Waals surface area (Å²) in [7, 11) is 2.25. The smallest absolute Gasteiger partial charge is 0.0702 e. The average molecular weight is 267 g/mol. The summed E-state index contributed by atoms with van der Waals surface area (Å²) in [4.78, 5) is 2.52. The molecule has 1 aliphatic heterocycles. The van der Waals surface area contributed by atoms with Gasteiger partial charge in [0, 0.05) is 19.2 Å². The molecule has 0 bridgehead atoms. The molecule has 3 atom stereocenters. The maximum atomic E-state index is 10.1. The molecular weight excluding hydrogens is 238 g/mol. The Balaban J connectivity index is 1.67. The zero-order valence-corrected chi connectivity index (χ0v) is 12.3. The minimum absolute atomic E-state index is 0.0804. The molecule has 1 saturated heterocycles. The number of hydrogen-bond acceptors (Lipinski definition) is 3. The molecule has 1 spiro atoms.